The van der Waals surface area contributed by atoms with Crippen molar-refractivity contribution in [2.24, 2.45) is 0 Å². The average Bonchev–Trinajstić information content (AvgIpc) is 2.35. The molecule has 2 rings (SSSR count). The molecule has 0 radical (unpaired) electrons. The van der Waals surface area contributed by atoms with Gasteiger partial charge in [0.05, 0.1) is 10.0 Å². The standard InChI is InChI=1S/C15H14Cl2O/c1-10-6-7-11(2)14(8-10)18-9-12-4-3-5-13(16)15(12)17/h3-8H,9H2,1-2H3. The molecule has 0 saturated carbocycles. The fourth-order valence-electron chi connectivity index (χ4n) is 1.68. The molecular formula is C15H14Cl2O. The SMILES string of the molecule is Cc1ccc(C)c(OCc2cccc(Cl)c2Cl)c1. The number of hydrogen-bond donors (Lipinski definition) is 0. The van der Waals surface area contributed by atoms with Crippen molar-refractivity contribution in [3.05, 3.63) is 63.1 Å². The van der Waals surface area contributed by atoms with E-state index in [4.69, 9.17) is 27.9 Å². The molecule has 0 aliphatic carbocycles. The van der Waals surface area contributed by atoms with E-state index in [1.54, 1.807) is 6.07 Å². The smallest absolute Gasteiger partial charge is 0.122 e. The van der Waals surface area contributed by atoms with E-state index in [2.05, 4.69) is 6.07 Å². The van der Waals surface area contributed by atoms with Crippen molar-refractivity contribution in [2.75, 3.05) is 0 Å². The minimum Gasteiger partial charge on any atom is -0.489 e. The van der Waals surface area contributed by atoms with Gasteiger partial charge in [0.1, 0.15) is 12.4 Å². The highest BCUT2D eigenvalue weighted by molar-refractivity contribution is 6.42. The van der Waals surface area contributed by atoms with Gasteiger partial charge in [-0.1, -0.05) is 47.5 Å². The molecule has 94 valence electrons. The van der Waals surface area contributed by atoms with Crippen molar-refractivity contribution < 1.29 is 4.74 Å². The van der Waals surface area contributed by atoms with Crippen LogP contribution in [0, 0.1) is 13.8 Å². The zero-order valence-corrected chi connectivity index (χ0v) is 11.8. The van der Waals surface area contributed by atoms with Gasteiger partial charge < -0.3 is 4.74 Å². The molecular weight excluding hydrogens is 267 g/mol. The van der Waals surface area contributed by atoms with Gasteiger partial charge in [-0.05, 0) is 37.1 Å². The second-order valence-corrected chi connectivity index (χ2v) is 5.06. The van der Waals surface area contributed by atoms with Crippen LogP contribution in [0.1, 0.15) is 16.7 Å². The van der Waals surface area contributed by atoms with Crippen molar-refractivity contribution in [3.8, 4) is 5.75 Å². The molecule has 0 N–H and O–H groups in total. The van der Waals surface area contributed by atoms with Gasteiger partial charge >= 0.3 is 0 Å². The highest BCUT2D eigenvalue weighted by Gasteiger charge is 2.06. The highest BCUT2D eigenvalue weighted by Crippen LogP contribution is 2.27. The molecule has 0 unspecified atom stereocenters. The molecule has 3 heteroatoms. The van der Waals surface area contributed by atoms with Crippen molar-refractivity contribution in [2.45, 2.75) is 20.5 Å². The van der Waals surface area contributed by atoms with Gasteiger partial charge in [0.25, 0.3) is 0 Å². The first-order chi connectivity index (χ1) is 8.58. The van der Waals surface area contributed by atoms with Gasteiger partial charge in [-0.2, -0.15) is 0 Å². The molecule has 0 aromatic heterocycles. The lowest BCUT2D eigenvalue weighted by Gasteiger charge is -2.11. The predicted molar refractivity (Wildman–Crippen MR) is 76.7 cm³/mol. The summed E-state index contributed by atoms with van der Waals surface area (Å²) in [6, 6.07) is 11.7. The Kier molecular flexibility index (Phi) is 4.15. The van der Waals surface area contributed by atoms with E-state index in [-0.39, 0.29) is 0 Å². The van der Waals surface area contributed by atoms with Crippen LogP contribution in [-0.4, -0.2) is 0 Å². The second kappa shape index (κ2) is 5.64. The zero-order chi connectivity index (χ0) is 13.1. The number of rotatable bonds is 3. The van der Waals surface area contributed by atoms with E-state index < -0.39 is 0 Å². The molecule has 2 aromatic carbocycles. The third-order valence-electron chi connectivity index (χ3n) is 2.76. The molecule has 2 aromatic rings. The van der Waals surface area contributed by atoms with Crippen molar-refractivity contribution in [1.82, 2.24) is 0 Å². The minimum atomic E-state index is 0.420. The highest BCUT2D eigenvalue weighted by atomic mass is 35.5. The van der Waals surface area contributed by atoms with E-state index >= 15 is 0 Å². The average molecular weight is 281 g/mol. The van der Waals surface area contributed by atoms with Crippen molar-refractivity contribution >= 4 is 23.2 Å². The first-order valence-electron chi connectivity index (χ1n) is 5.71. The predicted octanol–water partition coefficient (Wildman–Crippen LogP) is 5.19. The molecule has 0 fully saturated rings. The largest absolute Gasteiger partial charge is 0.489 e. The van der Waals surface area contributed by atoms with Crippen molar-refractivity contribution in [3.63, 3.8) is 0 Å². The Morgan fingerprint density at radius 1 is 1.06 bits per heavy atom. The van der Waals surface area contributed by atoms with E-state index in [0.29, 0.717) is 16.7 Å². The summed E-state index contributed by atoms with van der Waals surface area (Å²) in [5.74, 6) is 0.881. The number of hydrogen-bond acceptors (Lipinski definition) is 1. The van der Waals surface area contributed by atoms with Crippen LogP contribution in [0.4, 0.5) is 0 Å². The Morgan fingerprint density at radius 3 is 2.61 bits per heavy atom. The Hall–Kier alpha value is -1.18. The summed E-state index contributed by atoms with van der Waals surface area (Å²) in [6.07, 6.45) is 0. The van der Waals surface area contributed by atoms with Gasteiger partial charge in [-0.25, -0.2) is 0 Å². The molecule has 0 atom stereocenters. The third kappa shape index (κ3) is 2.98. The van der Waals surface area contributed by atoms with Crippen LogP contribution in [-0.2, 0) is 6.61 Å². The van der Waals surface area contributed by atoms with E-state index in [0.717, 1.165) is 16.9 Å². The van der Waals surface area contributed by atoms with Crippen LogP contribution in [0.5, 0.6) is 5.75 Å². The molecule has 0 aliphatic rings. The monoisotopic (exact) mass is 280 g/mol. The number of ether oxygens (including phenoxy) is 1. The number of benzene rings is 2. The minimum absolute atomic E-state index is 0.420. The van der Waals surface area contributed by atoms with E-state index in [1.165, 1.54) is 5.56 Å². The van der Waals surface area contributed by atoms with Gasteiger partial charge in [-0.3, -0.25) is 0 Å². The molecule has 0 amide bonds. The van der Waals surface area contributed by atoms with E-state index in [1.807, 2.05) is 38.1 Å². The quantitative estimate of drug-likeness (QED) is 0.752. The fraction of sp³-hybridized carbons (Fsp3) is 0.200. The first-order valence-corrected chi connectivity index (χ1v) is 6.46. The van der Waals surface area contributed by atoms with E-state index in [9.17, 15) is 0 Å². The fourth-order valence-corrected chi connectivity index (χ4v) is 2.05. The van der Waals surface area contributed by atoms with Crippen LogP contribution in [0.25, 0.3) is 0 Å². The number of halogens is 2. The van der Waals surface area contributed by atoms with Crippen molar-refractivity contribution in [1.29, 1.82) is 0 Å². The third-order valence-corrected chi connectivity index (χ3v) is 3.62. The Labute approximate surface area is 117 Å². The van der Waals surface area contributed by atoms with Crippen LogP contribution in [0.3, 0.4) is 0 Å². The second-order valence-electron chi connectivity index (χ2n) is 4.27. The Balaban J connectivity index is 2.16. The normalized spacial score (nSPS) is 10.4. The lowest BCUT2D eigenvalue weighted by atomic mass is 10.1. The summed E-state index contributed by atoms with van der Waals surface area (Å²) < 4.78 is 5.80. The summed E-state index contributed by atoms with van der Waals surface area (Å²) >= 11 is 12.1. The summed E-state index contributed by atoms with van der Waals surface area (Å²) in [7, 11) is 0. The molecule has 0 aliphatic heterocycles. The topological polar surface area (TPSA) is 9.23 Å². The lowest BCUT2D eigenvalue weighted by Crippen LogP contribution is -1.98. The van der Waals surface area contributed by atoms with Crippen LogP contribution in [0.15, 0.2) is 36.4 Å². The Bertz CT molecular complexity index is 562. The van der Waals surface area contributed by atoms with Gasteiger partial charge in [-0.15, -0.1) is 0 Å². The molecule has 1 nitrogen and oxygen atoms in total. The number of aryl methyl sites for hydroxylation is 2. The first kappa shape index (κ1) is 13.3. The zero-order valence-electron chi connectivity index (χ0n) is 10.3. The molecule has 18 heavy (non-hydrogen) atoms. The maximum absolute atomic E-state index is 6.12. The molecule has 0 bridgehead atoms. The summed E-state index contributed by atoms with van der Waals surface area (Å²) in [5.41, 5.74) is 3.18. The summed E-state index contributed by atoms with van der Waals surface area (Å²) in [5, 5.41) is 1.11. The maximum Gasteiger partial charge on any atom is 0.122 e. The summed E-state index contributed by atoms with van der Waals surface area (Å²) in [4.78, 5) is 0. The van der Waals surface area contributed by atoms with Gasteiger partial charge in [0.2, 0.25) is 0 Å². The van der Waals surface area contributed by atoms with Gasteiger partial charge in [0, 0.05) is 5.56 Å². The molecule has 0 saturated heterocycles. The maximum atomic E-state index is 6.12. The van der Waals surface area contributed by atoms with Crippen LogP contribution >= 0.6 is 23.2 Å². The van der Waals surface area contributed by atoms with Gasteiger partial charge in [0.15, 0.2) is 0 Å². The van der Waals surface area contributed by atoms with Crippen LogP contribution < -0.4 is 4.74 Å². The summed E-state index contributed by atoms with van der Waals surface area (Å²) in [6.45, 7) is 4.48. The molecule has 0 heterocycles. The van der Waals surface area contributed by atoms with Crippen LogP contribution in [0.2, 0.25) is 10.0 Å². The lowest BCUT2D eigenvalue weighted by molar-refractivity contribution is 0.304. The Morgan fingerprint density at radius 2 is 1.83 bits per heavy atom. The molecule has 0 spiro atoms.